The van der Waals surface area contributed by atoms with Crippen molar-refractivity contribution in [1.82, 2.24) is 10.3 Å². The van der Waals surface area contributed by atoms with Crippen LogP contribution in [0.5, 0.6) is 0 Å². The standard InChI is InChI=1S/C15H16F2N4O/c16-13(17)6-19-15(22)11-7-21(8-11)14-10(5-18)4-9-2-1-3-12(9)20-14/h4,11,13H,1-3,6-8H2,(H,19,22). The summed E-state index contributed by atoms with van der Waals surface area (Å²) in [5, 5.41) is 11.5. The predicted octanol–water partition coefficient (Wildman–Crippen LogP) is 1.26. The number of hydrogen-bond donors (Lipinski definition) is 1. The first-order valence-electron chi connectivity index (χ1n) is 7.32. The van der Waals surface area contributed by atoms with Crippen molar-refractivity contribution in [3.63, 3.8) is 0 Å². The number of pyridine rings is 1. The Bertz CT molecular complexity index is 635. The molecule has 0 aromatic carbocycles. The number of halogens is 2. The maximum atomic E-state index is 12.1. The monoisotopic (exact) mass is 306 g/mol. The van der Waals surface area contributed by atoms with Crippen molar-refractivity contribution in [1.29, 1.82) is 5.26 Å². The molecule has 7 heteroatoms. The Hall–Kier alpha value is -2.23. The van der Waals surface area contributed by atoms with Crippen molar-refractivity contribution in [2.45, 2.75) is 25.7 Å². The maximum Gasteiger partial charge on any atom is 0.255 e. The third-order valence-electron chi connectivity index (χ3n) is 4.13. The summed E-state index contributed by atoms with van der Waals surface area (Å²) in [6.07, 6.45) is 0.384. The Morgan fingerprint density at radius 1 is 1.50 bits per heavy atom. The zero-order chi connectivity index (χ0) is 15.7. The molecule has 1 aromatic rings. The molecule has 1 amide bonds. The van der Waals surface area contributed by atoms with Gasteiger partial charge in [0.1, 0.15) is 11.9 Å². The van der Waals surface area contributed by atoms with Crippen molar-refractivity contribution >= 4 is 11.7 Å². The van der Waals surface area contributed by atoms with E-state index in [4.69, 9.17) is 0 Å². The zero-order valence-corrected chi connectivity index (χ0v) is 12.0. The van der Waals surface area contributed by atoms with Crippen molar-refractivity contribution in [2.75, 3.05) is 24.5 Å². The van der Waals surface area contributed by atoms with Gasteiger partial charge < -0.3 is 10.2 Å². The lowest BCUT2D eigenvalue weighted by Gasteiger charge is -2.39. The maximum absolute atomic E-state index is 12.1. The molecule has 116 valence electrons. The molecule has 0 bridgehead atoms. The summed E-state index contributed by atoms with van der Waals surface area (Å²) in [4.78, 5) is 18.1. The number of fused-ring (bicyclic) bond motifs is 1. The van der Waals surface area contributed by atoms with E-state index < -0.39 is 13.0 Å². The van der Waals surface area contributed by atoms with Crippen LogP contribution in [0.2, 0.25) is 0 Å². The molecule has 3 rings (SSSR count). The first-order valence-corrected chi connectivity index (χ1v) is 7.32. The fraction of sp³-hybridized carbons (Fsp3) is 0.533. The van der Waals surface area contributed by atoms with Crippen LogP contribution in [-0.2, 0) is 17.6 Å². The Morgan fingerprint density at radius 3 is 2.95 bits per heavy atom. The van der Waals surface area contributed by atoms with Crippen molar-refractivity contribution in [2.24, 2.45) is 5.92 Å². The van der Waals surface area contributed by atoms with Crippen LogP contribution in [0, 0.1) is 17.2 Å². The molecule has 1 aromatic heterocycles. The number of nitrogens with zero attached hydrogens (tertiary/aromatic N) is 3. The van der Waals surface area contributed by atoms with E-state index in [2.05, 4.69) is 16.4 Å². The number of aryl methyl sites for hydroxylation is 2. The summed E-state index contributed by atoms with van der Waals surface area (Å²) >= 11 is 0. The van der Waals surface area contributed by atoms with Gasteiger partial charge in [0, 0.05) is 18.8 Å². The highest BCUT2D eigenvalue weighted by Gasteiger charge is 2.35. The van der Waals surface area contributed by atoms with E-state index in [1.807, 2.05) is 11.0 Å². The van der Waals surface area contributed by atoms with Gasteiger partial charge in [-0.25, -0.2) is 13.8 Å². The van der Waals surface area contributed by atoms with Crippen LogP contribution in [-0.4, -0.2) is 37.0 Å². The van der Waals surface area contributed by atoms with Crippen LogP contribution < -0.4 is 10.2 Å². The molecule has 0 saturated carbocycles. The third kappa shape index (κ3) is 2.73. The molecule has 1 saturated heterocycles. The lowest BCUT2D eigenvalue weighted by atomic mass is 9.98. The van der Waals surface area contributed by atoms with E-state index in [9.17, 15) is 18.8 Å². The normalized spacial score (nSPS) is 17.1. The minimum atomic E-state index is -2.54. The first-order chi connectivity index (χ1) is 10.6. The summed E-state index contributed by atoms with van der Waals surface area (Å²) in [5.41, 5.74) is 2.68. The van der Waals surface area contributed by atoms with Crippen molar-refractivity contribution in [3.05, 3.63) is 22.9 Å². The largest absolute Gasteiger partial charge is 0.354 e. The molecule has 0 radical (unpaired) electrons. The molecular formula is C15H16F2N4O. The molecule has 22 heavy (non-hydrogen) atoms. The Labute approximate surface area is 126 Å². The van der Waals surface area contributed by atoms with E-state index in [1.54, 1.807) is 0 Å². The molecule has 1 aliphatic carbocycles. The van der Waals surface area contributed by atoms with Crippen molar-refractivity contribution < 1.29 is 13.6 Å². The average Bonchev–Trinajstić information content (AvgIpc) is 2.89. The number of nitriles is 1. The fourth-order valence-corrected chi connectivity index (χ4v) is 2.92. The van der Waals surface area contributed by atoms with Crippen LogP contribution in [0.1, 0.15) is 23.2 Å². The number of carbonyl (C=O) groups excluding carboxylic acids is 1. The number of aromatic nitrogens is 1. The van der Waals surface area contributed by atoms with Crippen molar-refractivity contribution in [3.8, 4) is 6.07 Å². The smallest absolute Gasteiger partial charge is 0.255 e. The van der Waals surface area contributed by atoms with Crippen LogP contribution in [0.4, 0.5) is 14.6 Å². The number of hydrogen-bond acceptors (Lipinski definition) is 4. The molecule has 2 aliphatic rings. The SMILES string of the molecule is N#Cc1cc2c(nc1N1CC(C(=O)NCC(F)F)C1)CCC2. The molecule has 0 unspecified atom stereocenters. The van der Waals surface area contributed by atoms with E-state index in [-0.39, 0.29) is 11.8 Å². The molecular weight excluding hydrogens is 290 g/mol. The Morgan fingerprint density at radius 2 is 2.27 bits per heavy atom. The average molecular weight is 306 g/mol. The number of anilines is 1. The topological polar surface area (TPSA) is 69.0 Å². The Kier molecular flexibility index (Phi) is 3.92. The second kappa shape index (κ2) is 5.87. The zero-order valence-electron chi connectivity index (χ0n) is 12.0. The highest BCUT2D eigenvalue weighted by Crippen LogP contribution is 2.30. The van der Waals surface area contributed by atoms with Gasteiger partial charge >= 0.3 is 0 Å². The van der Waals surface area contributed by atoms with E-state index in [0.29, 0.717) is 24.5 Å². The van der Waals surface area contributed by atoms with Gasteiger partial charge in [-0.15, -0.1) is 0 Å². The predicted molar refractivity (Wildman–Crippen MR) is 75.7 cm³/mol. The summed E-state index contributed by atoms with van der Waals surface area (Å²) < 4.78 is 24.2. The van der Waals surface area contributed by atoms with Crippen LogP contribution >= 0.6 is 0 Å². The van der Waals surface area contributed by atoms with Crippen LogP contribution in [0.15, 0.2) is 6.07 Å². The molecule has 5 nitrogen and oxygen atoms in total. The number of alkyl halides is 2. The quantitative estimate of drug-likeness (QED) is 0.909. The number of rotatable bonds is 4. The van der Waals surface area contributed by atoms with Gasteiger partial charge in [0.2, 0.25) is 5.91 Å². The Balaban J connectivity index is 1.66. The van der Waals surface area contributed by atoms with Crippen LogP contribution in [0.3, 0.4) is 0 Å². The number of nitrogens with one attached hydrogen (secondary N) is 1. The minimum Gasteiger partial charge on any atom is -0.354 e. The number of carbonyl (C=O) groups is 1. The second-order valence-electron chi connectivity index (χ2n) is 5.67. The molecule has 1 fully saturated rings. The van der Waals surface area contributed by atoms with Gasteiger partial charge in [-0.3, -0.25) is 4.79 Å². The molecule has 0 spiro atoms. The van der Waals surface area contributed by atoms with E-state index in [1.165, 1.54) is 0 Å². The van der Waals surface area contributed by atoms with E-state index >= 15 is 0 Å². The second-order valence-corrected chi connectivity index (χ2v) is 5.67. The van der Waals surface area contributed by atoms with E-state index in [0.717, 1.165) is 30.5 Å². The molecule has 2 heterocycles. The van der Waals surface area contributed by atoms with Crippen LogP contribution in [0.25, 0.3) is 0 Å². The van der Waals surface area contributed by atoms with Gasteiger partial charge in [0.25, 0.3) is 6.43 Å². The highest BCUT2D eigenvalue weighted by atomic mass is 19.3. The molecule has 1 aliphatic heterocycles. The van der Waals surface area contributed by atoms with Gasteiger partial charge in [0.05, 0.1) is 18.0 Å². The first kappa shape index (κ1) is 14.7. The molecule has 1 N–H and O–H groups in total. The van der Waals surface area contributed by atoms with Gasteiger partial charge in [-0.2, -0.15) is 5.26 Å². The summed E-state index contributed by atoms with van der Waals surface area (Å²) in [6.45, 7) is 0.209. The fourth-order valence-electron chi connectivity index (χ4n) is 2.92. The highest BCUT2D eigenvalue weighted by molar-refractivity contribution is 5.82. The summed E-state index contributed by atoms with van der Waals surface area (Å²) in [6, 6.07) is 4.04. The summed E-state index contributed by atoms with van der Waals surface area (Å²) in [5.74, 6) is -0.0716. The lowest BCUT2D eigenvalue weighted by Crippen LogP contribution is -2.54. The molecule has 0 atom stereocenters. The van der Waals surface area contributed by atoms with Gasteiger partial charge in [-0.05, 0) is 30.9 Å². The van der Waals surface area contributed by atoms with Gasteiger partial charge in [0.15, 0.2) is 0 Å². The summed E-state index contributed by atoms with van der Waals surface area (Å²) in [7, 11) is 0. The lowest BCUT2D eigenvalue weighted by molar-refractivity contribution is -0.126. The number of amides is 1. The minimum absolute atomic E-state index is 0.319. The third-order valence-corrected chi connectivity index (χ3v) is 4.13. The van der Waals surface area contributed by atoms with Gasteiger partial charge in [-0.1, -0.05) is 0 Å².